The third kappa shape index (κ3) is 26.3. The molecule has 0 unspecified atom stereocenters. The number of methoxy groups -OCH3 is 4. The van der Waals surface area contributed by atoms with Crippen LogP contribution in [0.25, 0.3) is 54.5 Å². The molecule has 0 fully saturated rings. The van der Waals surface area contributed by atoms with Crippen LogP contribution in [0.3, 0.4) is 0 Å². The second-order valence-electron chi connectivity index (χ2n) is 22.2. The van der Waals surface area contributed by atoms with Gasteiger partial charge in [0.1, 0.15) is 33.4 Å². The summed E-state index contributed by atoms with van der Waals surface area (Å²) in [7, 11) is 5.61. The molecule has 0 aliphatic carbocycles. The van der Waals surface area contributed by atoms with Crippen molar-refractivity contribution >= 4 is 142 Å². The van der Waals surface area contributed by atoms with Crippen molar-refractivity contribution in [3.05, 3.63) is 224 Å². The number of carbonyl (C=O) groups is 9. The molecule has 112 heavy (non-hydrogen) atoms. The number of para-hydroxylation sites is 2. The Labute approximate surface area is 674 Å². The van der Waals surface area contributed by atoms with Gasteiger partial charge in [-0.05, 0) is 135 Å². The van der Waals surface area contributed by atoms with Crippen LogP contribution in [-0.4, -0.2) is 179 Å². The van der Waals surface area contributed by atoms with Crippen LogP contribution >= 0.6 is 34.8 Å². The molecule has 10 heterocycles. The Kier molecular flexibility index (Phi) is 38.2. The minimum Gasteiger partial charge on any atom is -0.857 e. The molecule has 582 valence electrons. The van der Waals surface area contributed by atoms with E-state index in [1.54, 1.807) is 58.0 Å². The Morgan fingerprint density at radius 1 is 0.491 bits per heavy atom. The predicted octanol–water partition coefficient (Wildman–Crippen LogP) is 4.89. The second kappa shape index (κ2) is 46.4. The molecule has 10 aromatic heterocycles. The van der Waals surface area contributed by atoms with Crippen LogP contribution in [-0.2, 0) is 51.1 Å². The van der Waals surface area contributed by atoms with Gasteiger partial charge in [-0.15, -0.1) is 0 Å². The zero-order chi connectivity index (χ0) is 82.0. The smallest absolute Gasteiger partial charge is 0.857 e. The minimum atomic E-state index is -0.817. The maximum atomic E-state index is 12.4. The number of aromatic nitrogens is 10. The monoisotopic (exact) mass is 1610 g/mol. The van der Waals surface area contributed by atoms with Crippen molar-refractivity contribution in [3.8, 4) is 17.2 Å². The van der Waals surface area contributed by atoms with Crippen molar-refractivity contribution < 1.29 is 122 Å². The molecule has 0 bridgehead atoms. The molecule has 0 saturated carbocycles. The van der Waals surface area contributed by atoms with Gasteiger partial charge in [-0.25, -0.2) is 39.1 Å². The number of hydrogen-bond donors (Lipinski definition) is 10. The van der Waals surface area contributed by atoms with E-state index in [0.717, 1.165) is 42.0 Å². The molecular formula is C74H74Cl3N14NaO20. The second-order valence-corrected chi connectivity index (χ2v) is 23.3. The summed E-state index contributed by atoms with van der Waals surface area (Å²) in [6.07, 6.45) is 6.62. The third-order valence-electron chi connectivity index (χ3n) is 14.1. The van der Waals surface area contributed by atoms with Crippen molar-refractivity contribution in [1.82, 2.24) is 60.5 Å². The fourth-order valence-corrected chi connectivity index (χ4v) is 9.73. The van der Waals surface area contributed by atoms with Crippen LogP contribution in [0, 0.1) is 0 Å². The molecule has 0 radical (unpaired) electrons. The van der Waals surface area contributed by atoms with Crippen molar-refractivity contribution in [2.24, 2.45) is 11.5 Å². The number of hydrogen-bond acceptors (Lipinski definition) is 29. The number of rotatable bonds is 15. The molecule has 34 nitrogen and oxygen atoms in total. The van der Waals surface area contributed by atoms with Crippen LogP contribution in [0.1, 0.15) is 112 Å². The number of carbonyl (C=O) groups excluding carboxylic acids is 9. The average molecular weight is 1610 g/mol. The summed E-state index contributed by atoms with van der Waals surface area (Å²) in [5, 5.41) is 46.1. The summed E-state index contributed by atoms with van der Waals surface area (Å²) in [6, 6.07) is 35.7. The third-order valence-corrected chi connectivity index (χ3v) is 14.9. The van der Waals surface area contributed by atoms with Crippen LogP contribution in [0.15, 0.2) is 157 Å². The van der Waals surface area contributed by atoms with E-state index in [0.29, 0.717) is 17.3 Å². The van der Waals surface area contributed by atoms with Crippen LogP contribution in [0.2, 0.25) is 10.3 Å². The molecule has 12 rings (SSSR count). The van der Waals surface area contributed by atoms with Crippen molar-refractivity contribution in [3.63, 3.8) is 0 Å². The Bertz CT molecular complexity index is 5270. The van der Waals surface area contributed by atoms with E-state index in [-0.39, 0.29) is 156 Å². The summed E-state index contributed by atoms with van der Waals surface area (Å²) in [6.45, 7) is 7.34. The fourth-order valence-electron chi connectivity index (χ4n) is 9.10. The zero-order valence-electron chi connectivity index (χ0n) is 61.6. The molecule has 0 spiro atoms. The zero-order valence-corrected chi connectivity index (χ0v) is 65.9. The first-order chi connectivity index (χ1) is 53.1. The van der Waals surface area contributed by atoms with Gasteiger partial charge in [0.15, 0.2) is 45.7 Å². The number of fused-ring (bicyclic) bond motifs is 5. The van der Waals surface area contributed by atoms with Crippen molar-refractivity contribution in [2.45, 2.75) is 53.0 Å². The first kappa shape index (κ1) is 92.3. The Morgan fingerprint density at radius 2 is 0.920 bits per heavy atom. The van der Waals surface area contributed by atoms with Crippen LogP contribution in [0.4, 0.5) is 0 Å². The number of halogens is 3. The normalized spacial score (nSPS) is 10.1. The SMILES string of the molecule is CC(C)OC(=O)c1ncccc1C(=O)Cl.COC(=O)CN.COC(=O)CNC(=O)c1cccnc1C(=O)OC(C)C.COC(=O)c1[nH]c(=O)c2cccnc2c1O.COC(=O)c1nc(Cl)c2cccnc2c1O.C[O-].NCc1cc2ccccc2[nH]1.O=C(NCc1cc2ccccc2[nH]1)c1nc(Cl)c2cccnc2c1O.[Na+]. The van der Waals surface area contributed by atoms with E-state index in [9.17, 15) is 63.3 Å². The number of nitrogens with two attached hydrogens (primary N) is 2. The van der Waals surface area contributed by atoms with Gasteiger partial charge >= 0.3 is 65.4 Å². The predicted molar refractivity (Wildman–Crippen MR) is 406 cm³/mol. The molecule has 38 heteroatoms. The topological polar surface area (TPSA) is 524 Å². The van der Waals surface area contributed by atoms with Crippen LogP contribution in [0.5, 0.6) is 17.2 Å². The van der Waals surface area contributed by atoms with Gasteiger partial charge in [-0.3, -0.25) is 43.7 Å². The van der Waals surface area contributed by atoms with Gasteiger partial charge in [0.2, 0.25) is 0 Å². The molecule has 2 aromatic carbocycles. The summed E-state index contributed by atoms with van der Waals surface area (Å²) in [5.74, 6) is -6.00. The fraction of sp³-hybridized carbons (Fsp3) is 0.203. The van der Waals surface area contributed by atoms with E-state index in [1.807, 2.05) is 42.5 Å². The largest absolute Gasteiger partial charge is 1.00 e. The number of pyridine rings is 8. The van der Waals surface area contributed by atoms with Gasteiger partial charge in [-0.2, -0.15) is 7.11 Å². The Morgan fingerprint density at radius 3 is 1.38 bits per heavy atom. The van der Waals surface area contributed by atoms with E-state index in [1.165, 1.54) is 88.0 Å². The van der Waals surface area contributed by atoms with Gasteiger partial charge in [0.25, 0.3) is 22.6 Å². The van der Waals surface area contributed by atoms with Crippen molar-refractivity contribution in [1.29, 1.82) is 0 Å². The number of esters is 6. The number of benzene rings is 2. The molecular weight excluding hydrogens is 1530 g/mol. The number of amides is 2. The first-order valence-corrected chi connectivity index (χ1v) is 33.5. The Balaban J connectivity index is 0.000000281. The molecule has 0 aliphatic rings. The minimum absolute atomic E-state index is 0. The maximum Gasteiger partial charge on any atom is 1.00 e. The van der Waals surface area contributed by atoms with Crippen LogP contribution < -0.4 is 62.3 Å². The molecule has 0 atom stereocenters. The van der Waals surface area contributed by atoms with Gasteiger partial charge in [-0.1, -0.05) is 59.6 Å². The summed E-state index contributed by atoms with van der Waals surface area (Å²) < 4.78 is 27.4. The quantitative estimate of drug-likeness (QED) is 0.0215. The maximum absolute atomic E-state index is 12.4. The summed E-state index contributed by atoms with van der Waals surface area (Å²) in [5.41, 5.74) is 13.7. The number of ether oxygens (including phenoxy) is 6. The standard InChI is InChI=1S/C18H13ClN4O2.C13H16N2O5.C10H7ClN2O3.C10H10ClNO3.C10H8N2O4.C9H10N2.C3H7NO2.CH3O.Na/c19-17-12-5-3-7-20-14(12)16(24)15(23-17)18(25)21-9-11-8-10-4-1-2-6-13(10)22-11;1-8(2)20-13(18)11-9(5-4-6-14-11)12(17)15-7-10(16)19-3;1-16-10(15)7-8(14)6-5(9(11)13-7)3-2-4-12-6;1-6(2)15-10(14)8-7(9(11)13)4-3-5-12-8;1-16-10(15)7-8(13)6-5(9(14)12-7)3-2-4-11-6;10-6-8-5-7-3-1-2-4-9(7)11-8;1-6-3(5)2-4;1-2;/h1-8,22,24H,9H2,(H,21,25);4-6,8H,7H2,1-3H3,(H,15,17);2-4,14H,1H3;3-6H,1-2H3;2-4,13H,1H3,(H,12,14);1-5,11H,6,10H2;2,4H2,1H3;1H3;/q;;;;;;;-1;+1. The molecule has 12 aromatic rings. The number of nitrogens with zero attached hydrogens (tertiary/aromatic N) is 7. The Hall–Kier alpha value is -12.1. The average Bonchev–Trinajstić information content (AvgIpc) is 1.19. The number of aromatic hydroxyl groups is 3. The summed E-state index contributed by atoms with van der Waals surface area (Å²) in [4.78, 5) is 149. The van der Waals surface area contributed by atoms with Crippen molar-refractivity contribution in [2.75, 3.05) is 48.6 Å². The van der Waals surface area contributed by atoms with Gasteiger partial charge in [0.05, 0.1) is 70.2 Å². The number of H-pyrrole nitrogens is 3. The first-order valence-electron chi connectivity index (χ1n) is 32.4. The van der Waals surface area contributed by atoms with E-state index >= 15 is 0 Å². The summed E-state index contributed by atoms with van der Waals surface area (Å²) >= 11 is 17.3. The molecule has 12 N–H and O–H groups in total. The van der Waals surface area contributed by atoms with Gasteiger partial charge < -0.3 is 85.9 Å². The van der Waals surface area contributed by atoms with E-state index in [2.05, 4.69) is 97.6 Å². The van der Waals surface area contributed by atoms with E-state index < -0.39 is 52.5 Å². The molecule has 0 saturated heterocycles. The number of aromatic amines is 3. The molecule has 2 amide bonds. The molecule has 0 aliphatic heterocycles. The van der Waals surface area contributed by atoms with Gasteiger partial charge in [0, 0.05) is 70.7 Å². The number of nitrogens with one attached hydrogen (secondary N) is 5. The van der Waals surface area contributed by atoms with E-state index in [4.69, 9.17) is 60.9 Å².